The fraction of sp³-hybridized carbons (Fsp3) is 0.500. The van der Waals surface area contributed by atoms with Crippen molar-refractivity contribution in [3.63, 3.8) is 0 Å². The number of hydrogen-bond acceptors (Lipinski definition) is 2. The molecule has 7 heteroatoms. The Kier molecular flexibility index (Phi) is 4.14. The summed E-state index contributed by atoms with van der Waals surface area (Å²) >= 11 is 0.584. The van der Waals surface area contributed by atoms with Crippen LogP contribution in [0, 0.1) is 0 Å². The lowest BCUT2D eigenvalue weighted by Crippen LogP contribution is -2.19. The molecule has 0 amide bonds. The summed E-state index contributed by atoms with van der Waals surface area (Å²) in [5.74, 6) is 0. The molecular formula is C10H12F3NOS2. The van der Waals surface area contributed by atoms with Crippen LogP contribution in [0.25, 0.3) is 0 Å². The minimum Gasteiger partial charge on any atom is -0.234 e. The van der Waals surface area contributed by atoms with Crippen molar-refractivity contribution in [3.05, 3.63) is 21.9 Å². The van der Waals surface area contributed by atoms with E-state index < -0.39 is 26.8 Å². The molecule has 1 atom stereocenters. The van der Waals surface area contributed by atoms with Gasteiger partial charge in [-0.2, -0.15) is 17.6 Å². The third kappa shape index (κ3) is 4.23. The zero-order chi connectivity index (χ0) is 13.3. The van der Waals surface area contributed by atoms with Crippen molar-refractivity contribution in [2.24, 2.45) is 4.40 Å². The molecule has 0 aliphatic rings. The normalized spacial score (nSPS) is 15.4. The van der Waals surface area contributed by atoms with E-state index in [2.05, 4.69) is 4.40 Å². The second kappa shape index (κ2) is 4.89. The molecule has 0 spiro atoms. The Balaban J connectivity index is 2.81. The first-order chi connectivity index (χ1) is 7.60. The van der Waals surface area contributed by atoms with Crippen molar-refractivity contribution in [2.45, 2.75) is 31.7 Å². The molecule has 0 aliphatic carbocycles. The second-order valence-corrected chi connectivity index (χ2v) is 7.35. The van der Waals surface area contributed by atoms with Crippen LogP contribution in [0.4, 0.5) is 13.2 Å². The van der Waals surface area contributed by atoms with Gasteiger partial charge in [-0.3, -0.25) is 0 Å². The van der Waals surface area contributed by atoms with Crippen LogP contribution in [0.5, 0.6) is 0 Å². The first-order valence-electron chi connectivity index (χ1n) is 4.74. The molecule has 17 heavy (non-hydrogen) atoms. The van der Waals surface area contributed by atoms with Crippen LogP contribution in [0.1, 0.15) is 30.5 Å². The standard InChI is InChI=1S/C10H12F3NOS2/c1-9(2,3)17(15)14-6-7-4-5-8(16-7)10(11,12)13/h4-6H,1-3H3/t17-/m0/s1. The number of halogens is 3. The van der Waals surface area contributed by atoms with Crippen LogP contribution in [0.3, 0.4) is 0 Å². The van der Waals surface area contributed by atoms with E-state index in [0.717, 1.165) is 6.07 Å². The molecule has 0 aliphatic heterocycles. The van der Waals surface area contributed by atoms with Gasteiger partial charge in [0.15, 0.2) is 0 Å². The summed E-state index contributed by atoms with van der Waals surface area (Å²) in [5.41, 5.74) is 0. The maximum absolute atomic E-state index is 12.3. The van der Waals surface area contributed by atoms with E-state index in [0.29, 0.717) is 16.2 Å². The van der Waals surface area contributed by atoms with E-state index in [4.69, 9.17) is 0 Å². The largest absolute Gasteiger partial charge is 0.425 e. The summed E-state index contributed by atoms with van der Waals surface area (Å²) in [6, 6.07) is 2.31. The van der Waals surface area contributed by atoms with Gasteiger partial charge in [-0.05, 0) is 32.9 Å². The summed E-state index contributed by atoms with van der Waals surface area (Å²) in [4.78, 5) is -0.338. The number of thiophene rings is 1. The fourth-order valence-electron chi connectivity index (χ4n) is 0.832. The van der Waals surface area contributed by atoms with Crippen molar-refractivity contribution in [1.82, 2.24) is 0 Å². The fourth-order valence-corrected chi connectivity index (χ4v) is 2.17. The van der Waals surface area contributed by atoms with Crippen LogP contribution >= 0.6 is 11.3 Å². The van der Waals surface area contributed by atoms with Crippen molar-refractivity contribution in [2.75, 3.05) is 0 Å². The molecule has 1 aromatic rings. The monoisotopic (exact) mass is 283 g/mol. The van der Waals surface area contributed by atoms with Crippen LogP contribution in [0.15, 0.2) is 16.5 Å². The highest BCUT2D eigenvalue weighted by atomic mass is 32.2. The van der Waals surface area contributed by atoms with Gasteiger partial charge in [-0.15, -0.1) is 11.3 Å². The lowest BCUT2D eigenvalue weighted by Gasteiger charge is -2.12. The van der Waals surface area contributed by atoms with Gasteiger partial charge < -0.3 is 0 Å². The van der Waals surface area contributed by atoms with Crippen molar-refractivity contribution < 1.29 is 17.4 Å². The highest BCUT2D eigenvalue weighted by Crippen LogP contribution is 2.34. The van der Waals surface area contributed by atoms with Gasteiger partial charge in [0.1, 0.15) is 15.9 Å². The van der Waals surface area contributed by atoms with Crippen molar-refractivity contribution in [3.8, 4) is 0 Å². The molecule has 0 saturated heterocycles. The Hall–Kier alpha value is -0.690. The molecule has 0 bridgehead atoms. The average Bonchev–Trinajstić information content (AvgIpc) is 2.59. The number of rotatable bonds is 2. The Bertz CT molecular complexity index is 443. The van der Waals surface area contributed by atoms with Crippen LogP contribution < -0.4 is 0 Å². The molecule has 1 heterocycles. The Labute approximate surface area is 104 Å². The van der Waals surface area contributed by atoms with Gasteiger partial charge in [0.2, 0.25) is 0 Å². The molecule has 0 unspecified atom stereocenters. The van der Waals surface area contributed by atoms with Crippen LogP contribution in [0.2, 0.25) is 0 Å². The molecule has 1 aromatic heterocycles. The summed E-state index contributed by atoms with van der Waals surface area (Å²) < 4.78 is 51.7. The van der Waals surface area contributed by atoms with Gasteiger partial charge >= 0.3 is 6.18 Å². The zero-order valence-electron chi connectivity index (χ0n) is 9.54. The predicted octanol–water partition coefficient (Wildman–Crippen LogP) is 3.65. The first-order valence-corrected chi connectivity index (χ1v) is 6.66. The minimum absolute atomic E-state index is 0.343. The maximum atomic E-state index is 12.3. The number of hydrogen-bond donors (Lipinski definition) is 0. The van der Waals surface area contributed by atoms with E-state index >= 15 is 0 Å². The zero-order valence-corrected chi connectivity index (χ0v) is 11.2. The van der Waals surface area contributed by atoms with Gasteiger partial charge in [0, 0.05) is 4.88 Å². The molecule has 0 N–H and O–H groups in total. The molecule has 0 radical (unpaired) electrons. The Morgan fingerprint density at radius 1 is 1.29 bits per heavy atom. The SMILES string of the molecule is CC(C)(C)[S@](=O)N=Cc1ccc(C(F)(F)F)s1. The Morgan fingerprint density at radius 2 is 1.88 bits per heavy atom. The minimum atomic E-state index is -4.33. The van der Waals surface area contributed by atoms with Gasteiger partial charge in [-0.25, -0.2) is 4.21 Å². The van der Waals surface area contributed by atoms with E-state index in [-0.39, 0.29) is 0 Å². The predicted molar refractivity (Wildman–Crippen MR) is 64.8 cm³/mol. The van der Waals surface area contributed by atoms with Gasteiger partial charge in [-0.1, -0.05) is 0 Å². The highest BCUT2D eigenvalue weighted by molar-refractivity contribution is 7.85. The molecule has 0 fully saturated rings. The molecule has 0 saturated carbocycles. The highest BCUT2D eigenvalue weighted by Gasteiger charge is 2.32. The molecular weight excluding hydrogens is 271 g/mol. The van der Waals surface area contributed by atoms with E-state index in [1.165, 1.54) is 12.3 Å². The van der Waals surface area contributed by atoms with Crippen molar-refractivity contribution >= 4 is 28.5 Å². The molecule has 96 valence electrons. The van der Waals surface area contributed by atoms with Crippen LogP contribution in [-0.2, 0) is 17.2 Å². The molecule has 0 aromatic carbocycles. The summed E-state index contributed by atoms with van der Waals surface area (Å²) in [6.45, 7) is 5.24. The maximum Gasteiger partial charge on any atom is 0.425 e. The lowest BCUT2D eigenvalue weighted by molar-refractivity contribution is -0.134. The molecule has 1 rings (SSSR count). The van der Waals surface area contributed by atoms with Crippen molar-refractivity contribution in [1.29, 1.82) is 0 Å². The quantitative estimate of drug-likeness (QED) is 0.762. The third-order valence-electron chi connectivity index (χ3n) is 1.71. The number of nitrogens with zero attached hydrogens (tertiary/aromatic N) is 1. The Morgan fingerprint density at radius 3 is 2.29 bits per heavy atom. The van der Waals surface area contributed by atoms with Gasteiger partial charge in [0.25, 0.3) is 0 Å². The summed E-state index contributed by atoms with van der Waals surface area (Å²) in [7, 11) is -1.45. The number of alkyl halides is 3. The van der Waals surface area contributed by atoms with E-state index in [9.17, 15) is 17.4 Å². The molecule has 2 nitrogen and oxygen atoms in total. The average molecular weight is 283 g/mol. The first kappa shape index (κ1) is 14.4. The van der Waals surface area contributed by atoms with Gasteiger partial charge in [0.05, 0.1) is 11.0 Å². The van der Waals surface area contributed by atoms with Crippen LogP contribution in [-0.4, -0.2) is 15.2 Å². The van der Waals surface area contributed by atoms with E-state index in [1.54, 1.807) is 20.8 Å². The third-order valence-corrected chi connectivity index (χ3v) is 4.11. The smallest absolute Gasteiger partial charge is 0.234 e. The summed E-state index contributed by atoms with van der Waals surface area (Å²) in [5, 5.41) is 0. The lowest BCUT2D eigenvalue weighted by atomic mass is 10.3. The summed E-state index contributed by atoms with van der Waals surface area (Å²) in [6.07, 6.45) is -3.11. The topological polar surface area (TPSA) is 29.4 Å². The second-order valence-electron chi connectivity index (χ2n) is 4.30. The van der Waals surface area contributed by atoms with E-state index in [1.807, 2.05) is 0 Å².